The fourth-order valence-electron chi connectivity index (χ4n) is 1.95. The Morgan fingerprint density at radius 1 is 1.10 bits per heavy atom. The molecule has 2 rings (SSSR count). The van der Waals surface area contributed by atoms with E-state index in [1.54, 1.807) is 19.1 Å². The maximum Gasteiger partial charge on any atom is 0.255 e. The van der Waals surface area contributed by atoms with Gasteiger partial charge in [0.15, 0.2) is 0 Å². The molecule has 110 valence electrons. The summed E-state index contributed by atoms with van der Waals surface area (Å²) in [7, 11) is -3.84. The molecule has 2 aromatic carbocycles. The predicted octanol–water partition coefficient (Wildman–Crippen LogP) is 2.20. The third-order valence-corrected chi connectivity index (χ3v) is 3.93. The van der Waals surface area contributed by atoms with Crippen LogP contribution in [-0.2, 0) is 10.0 Å². The number of para-hydroxylation sites is 1. The number of aryl methyl sites for hydroxylation is 2. The zero-order chi connectivity index (χ0) is 15.6. The molecule has 6 heteroatoms. The van der Waals surface area contributed by atoms with E-state index < -0.39 is 10.0 Å². The van der Waals surface area contributed by atoms with Crippen LogP contribution < -0.4 is 10.5 Å². The largest absolute Gasteiger partial charge is 0.322 e. The van der Waals surface area contributed by atoms with E-state index in [4.69, 9.17) is 5.14 Å². The molecule has 0 aromatic heterocycles. The summed E-state index contributed by atoms with van der Waals surface area (Å²) in [6.07, 6.45) is 0. The molecule has 0 saturated heterocycles. The van der Waals surface area contributed by atoms with Crippen molar-refractivity contribution < 1.29 is 13.2 Å². The highest BCUT2D eigenvalue weighted by Crippen LogP contribution is 2.17. The van der Waals surface area contributed by atoms with Gasteiger partial charge in [-0.25, -0.2) is 13.6 Å². The number of anilines is 1. The van der Waals surface area contributed by atoms with Crippen molar-refractivity contribution in [2.45, 2.75) is 18.7 Å². The van der Waals surface area contributed by atoms with Gasteiger partial charge in [-0.3, -0.25) is 4.79 Å². The lowest BCUT2D eigenvalue weighted by atomic mass is 10.1. The summed E-state index contributed by atoms with van der Waals surface area (Å²) in [5.41, 5.74) is 2.50. The van der Waals surface area contributed by atoms with E-state index >= 15 is 0 Å². The van der Waals surface area contributed by atoms with Gasteiger partial charge in [0.05, 0.1) is 4.90 Å². The molecule has 0 fully saturated rings. The molecular formula is C15H16N2O3S. The van der Waals surface area contributed by atoms with Crippen molar-refractivity contribution >= 4 is 21.6 Å². The van der Waals surface area contributed by atoms with E-state index in [1.807, 2.05) is 25.1 Å². The maximum atomic E-state index is 12.3. The molecule has 21 heavy (non-hydrogen) atoms. The van der Waals surface area contributed by atoms with Crippen molar-refractivity contribution in [3.8, 4) is 0 Å². The van der Waals surface area contributed by atoms with Gasteiger partial charge in [-0.05, 0) is 49.2 Å². The lowest BCUT2D eigenvalue weighted by molar-refractivity contribution is 0.102. The Kier molecular flexibility index (Phi) is 4.11. The van der Waals surface area contributed by atoms with Crippen molar-refractivity contribution in [2.75, 3.05) is 5.32 Å². The molecule has 1 amide bonds. The third kappa shape index (κ3) is 3.68. The number of hydrogen-bond donors (Lipinski definition) is 2. The van der Waals surface area contributed by atoms with Gasteiger partial charge in [0, 0.05) is 11.3 Å². The average molecular weight is 304 g/mol. The first-order valence-corrected chi connectivity index (χ1v) is 7.83. The highest BCUT2D eigenvalue weighted by Gasteiger charge is 2.14. The van der Waals surface area contributed by atoms with Crippen LogP contribution in [0, 0.1) is 13.8 Å². The van der Waals surface area contributed by atoms with Crippen molar-refractivity contribution in [1.29, 1.82) is 0 Å². The number of carbonyl (C=O) groups is 1. The van der Waals surface area contributed by atoms with Crippen LogP contribution in [0.5, 0.6) is 0 Å². The fraction of sp³-hybridized carbons (Fsp3) is 0.133. The predicted molar refractivity (Wildman–Crippen MR) is 81.7 cm³/mol. The Morgan fingerprint density at radius 2 is 1.76 bits per heavy atom. The Morgan fingerprint density at radius 3 is 2.38 bits per heavy atom. The van der Waals surface area contributed by atoms with Gasteiger partial charge < -0.3 is 5.32 Å². The summed E-state index contributed by atoms with van der Waals surface area (Å²) < 4.78 is 22.8. The number of hydrogen-bond acceptors (Lipinski definition) is 3. The second-order valence-electron chi connectivity index (χ2n) is 4.85. The summed E-state index contributed by atoms with van der Waals surface area (Å²) in [5.74, 6) is -0.377. The van der Waals surface area contributed by atoms with Crippen LogP contribution in [0.4, 0.5) is 5.69 Å². The summed E-state index contributed by atoms with van der Waals surface area (Å²) in [6, 6.07) is 11.7. The van der Waals surface area contributed by atoms with Crippen LogP contribution in [0.25, 0.3) is 0 Å². The van der Waals surface area contributed by atoms with E-state index in [2.05, 4.69) is 5.32 Å². The van der Waals surface area contributed by atoms with Crippen LogP contribution in [0.15, 0.2) is 47.4 Å². The van der Waals surface area contributed by atoms with Crippen LogP contribution in [0.2, 0.25) is 0 Å². The zero-order valence-electron chi connectivity index (χ0n) is 11.8. The maximum absolute atomic E-state index is 12.3. The Labute approximate surface area is 123 Å². The first-order valence-electron chi connectivity index (χ1n) is 6.29. The average Bonchev–Trinajstić information content (AvgIpc) is 2.39. The van der Waals surface area contributed by atoms with Crippen LogP contribution >= 0.6 is 0 Å². The number of sulfonamides is 1. The van der Waals surface area contributed by atoms with Crippen molar-refractivity contribution in [1.82, 2.24) is 0 Å². The number of benzene rings is 2. The molecule has 0 unspecified atom stereocenters. The van der Waals surface area contributed by atoms with E-state index in [-0.39, 0.29) is 16.4 Å². The number of amides is 1. The fourth-order valence-corrected chi connectivity index (χ4v) is 2.59. The normalized spacial score (nSPS) is 11.2. The van der Waals surface area contributed by atoms with Gasteiger partial charge in [0.25, 0.3) is 5.91 Å². The summed E-state index contributed by atoms with van der Waals surface area (Å²) in [5, 5.41) is 7.87. The molecule has 0 spiro atoms. The summed E-state index contributed by atoms with van der Waals surface area (Å²) in [4.78, 5) is 12.2. The highest BCUT2D eigenvalue weighted by molar-refractivity contribution is 7.89. The quantitative estimate of drug-likeness (QED) is 0.911. The lowest BCUT2D eigenvalue weighted by Crippen LogP contribution is -2.16. The lowest BCUT2D eigenvalue weighted by Gasteiger charge is -2.09. The first-order chi connectivity index (χ1) is 9.77. The SMILES string of the molecule is Cc1cc(C(=O)Nc2ccccc2C)cc(S(N)(=O)=O)c1. The van der Waals surface area contributed by atoms with E-state index in [9.17, 15) is 13.2 Å². The molecule has 0 aliphatic heterocycles. The molecule has 3 N–H and O–H groups in total. The van der Waals surface area contributed by atoms with Crippen molar-refractivity contribution in [2.24, 2.45) is 5.14 Å². The Balaban J connectivity index is 2.36. The second kappa shape index (κ2) is 5.67. The van der Waals surface area contributed by atoms with Gasteiger partial charge in [-0.1, -0.05) is 18.2 Å². The minimum Gasteiger partial charge on any atom is -0.322 e. The van der Waals surface area contributed by atoms with E-state index in [1.165, 1.54) is 12.1 Å². The Bertz CT molecular complexity index is 798. The highest BCUT2D eigenvalue weighted by atomic mass is 32.2. The van der Waals surface area contributed by atoms with Gasteiger partial charge in [0.2, 0.25) is 10.0 Å². The number of carbonyl (C=O) groups excluding carboxylic acids is 1. The minimum absolute atomic E-state index is 0.0718. The van der Waals surface area contributed by atoms with Crippen molar-refractivity contribution in [3.05, 3.63) is 59.2 Å². The third-order valence-electron chi connectivity index (χ3n) is 3.03. The van der Waals surface area contributed by atoms with E-state index in [0.29, 0.717) is 11.3 Å². The minimum atomic E-state index is -3.84. The Hall–Kier alpha value is -2.18. The van der Waals surface area contributed by atoms with Crippen molar-refractivity contribution in [3.63, 3.8) is 0 Å². The molecule has 0 heterocycles. The second-order valence-corrected chi connectivity index (χ2v) is 6.41. The topological polar surface area (TPSA) is 89.3 Å². The van der Waals surface area contributed by atoms with Gasteiger partial charge >= 0.3 is 0 Å². The van der Waals surface area contributed by atoms with Gasteiger partial charge in [-0.2, -0.15) is 0 Å². The smallest absolute Gasteiger partial charge is 0.255 e. The van der Waals surface area contributed by atoms with Crippen LogP contribution in [0.1, 0.15) is 21.5 Å². The molecule has 0 radical (unpaired) electrons. The molecule has 0 aliphatic rings. The van der Waals surface area contributed by atoms with E-state index in [0.717, 1.165) is 5.56 Å². The molecule has 2 aromatic rings. The number of nitrogens with two attached hydrogens (primary N) is 1. The first kappa shape index (κ1) is 15.2. The molecule has 0 atom stereocenters. The number of primary sulfonamides is 1. The number of rotatable bonds is 3. The van der Waals surface area contributed by atoms with Gasteiger partial charge in [-0.15, -0.1) is 0 Å². The van der Waals surface area contributed by atoms with Crippen LogP contribution in [0.3, 0.4) is 0 Å². The monoisotopic (exact) mass is 304 g/mol. The van der Waals surface area contributed by atoms with Gasteiger partial charge in [0.1, 0.15) is 0 Å². The molecule has 0 bridgehead atoms. The number of nitrogens with one attached hydrogen (secondary N) is 1. The molecule has 5 nitrogen and oxygen atoms in total. The summed E-state index contributed by atoms with van der Waals surface area (Å²) in [6.45, 7) is 3.58. The standard InChI is InChI=1S/C15H16N2O3S/c1-10-7-12(9-13(8-10)21(16,19)20)15(18)17-14-6-4-3-5-11(14)2/h3-9H,1-2H3,(H,17,18)(H2,16,19,20). The molecular weight excluding hydrogens is 288 g/mol. The molecule has 0 aliphatic carbocycles. The molecule has 0 saturated carbocycles. The summed E-state index contributed by atoms with van der Waals surface area (Å²) >= 11 is 0. The zero-order valence-corrected chi connectivity index (χ0v) is 12.6. The van der Waals surface area contributed by atoms with Crippen LogP contribution in [-0.4, -0.2) is 14.3 Å².